The number of hydrogen-bond donors (Lipinski definition) is 2. The lowest BCUT2D eigenvalue weighted by Gasteiger charge is -2.42. The Hall–Kier alpha value is -3.92. The number of ether oxygens (including phenoxy) is 1. The number of rotatable bonds is 6. The van der Waals surface area contributed by atoms with Gasteiger partial charge in [0.15, 0.2) is 5.82 Å². The number of thiophene rings is 1. The maximum atomic E-state index is 16.9. The second kappa shape index (κ2) is 10.5. The van der Waals surface area contributed by atoms with Crippen LogP contribution < -0.4 is 20.7 Å². The molecule has 3 atom stereocenters. The zero-order chi connectivity index (χ0) is 32.1. The summed E-state index contributed by atoms with van der Waals surface area (Å²) in [5.74, 6) is 0.145. The Balaban J connectivity index is 1.18. The van der Waals surface area contributed by atoms with E-state index in [1.165, 1.54) is 25.0 Å². The first-order valence-corrected chi connectivity index (χ1v) is 17.2. The Kier molecular flexibility index (Phi) is 6.56. The summed E-state index contributed by atoms with van der Waals surface area (Å²) in [6.07, 6.45) is 7.78. The van der Waals surface area contributed by atoms with E-state index in [-0.39, 0.29) is 50.0 Å². The predicted octanol–water partition coefficient (Wildman–Crippen LogP) is 6.43. The Bertz CT molecular complexity index is 2040. The van der Waals surface area contributed by atoms with Crippen molar-refractivity contribution in [3.63, 3.8) is 0 Å². The first-order chi connectivity index (χ1) is 22.8. The Morgan fingerprint density at radius 2 is 2.00 bits per heavy atom. The molecule has 2 bridgehead atoms. The highest BCUT2D eigenvalue weighted by Crippen LogP contribution is 2.49. The molecule has 0 amide bonds. The van der Waals surface area contributed by atoms with E-state index in [9.17, 15) is 14.0 Å². The van der Waals surface area contributed by atoms with Crippen molar-refractivity contribution in [2.75, 3.05) is 43.4 Å². The number of fused-ring (bicyclic) bond motifs is 5. The van der Waals surface area contributed by atoms with Crippen molar-refractivity contribution in [3.05, 3.63) is 53.4 Å². The number of hydrogen-bond acceptors (Lipinski definition) is 9. The summed E-state index contributed by atoms with van der Waals surface area (Å²) in [6, 6.07) is 8.74. The highest BCUT2D eigenvalue weighted by atomic mass is 32.1. The van der Waals surface area contributed by atoms with E-state index in [0.717, 1.165) is 62.2 Å². The van der Waals surface area contributed by atoms with Crippen molar-refractivity contribution < 1.29 is 17.9 Å². The van der Waals surface area contributed by atoms with Gasteiger partial charge in [-0.15, -0.1) is 11.3 Å². The van der Waals surface area contributed by atoms with E-state index >= 15 is 4.39 Å². The maximum absolute atomic E-state index is 16.9. The molecule has 47 heavy (non-hydrogen) atoms. The van der Waals surface area contributed by atoms with Crippen LogP contribution in [-0.4, -0.2) is 64.8 Å². The van der Waals surface area contributed by atoms with Gasteiger partial charge in [-0.2, -0.15) is 15.2 Å². The quantitative estimate of drug-likeness (QED) is 0.245. The molecule has 4 aromatic rings. The lowest BCUT2D eigenvalue weighted by atomic mass is 9.90. The summed E-state index contributed by atoms with van der Waals surface area (Å²) in [5, 5.41) is 14.8. The van der Waals surface area contributed by atoms with E-state index in [1.807, 2.05) is 6.07 Å². The first-order valence-electron chi connectivity index (χ1n) is 16.4. The van der Waals surface area contributed by atoms with Crippen LogP contribution in [-0.2, 0) is 0 Å². The molecular formula is C35H34F3N7OS. The zero-order valence-electron chi connectivity index (χ0n) is 25.8. The fourth-order valence-electron chi connectivity index (χ4n) is 8.98. The molecule has 0 unspecified atom stereocenters. The molecule has 5 fully saturated rings. The van der Waals surface area contributed by atoms with Crippen molar-refractivity contribution in [2.24, 2.45) is 5.92 Å². The van der Waals surface area contributed by atoms with Gasteiger partial charge in [0.2, 0.25) is 0 Å². The molecular weight excluding hydrogens is 623 g/mol. The maximum Gasteiger partial charge on any atom is 0.319 e. The number of halogens is 3. The van der Waals surface area contributed by atoms with Crippen LogP contribution in [0.15, 0.2) is 36.2 Å². The highest BCUT2D eigenvalue weighted by molar-refractivity contribution is 7.23. The fraction of sp³-hybridized carbons (Fsp3) is 0.457. The molecule has 2 aromatic carbocycles. The third-order valence-electron chi connectivity index (χ3n) is 11.3. The SMILES string of the molecule is N#Cc1c(N)sc2c(F)ccc(-c3ccc4c(N5C[C@@H]6CC[C@](C7CC7)(C5)N6)nc(OC[C@@]56CCCN5C/C(=C\F)C6)nc4c3F)c12. The van der Waals surface area contributed by atoms with Crippen LogP contribution in [0.25, 0.3) is 32.1 Å². The number of nitrogens with one attached hydrogen (secondary N) is 1. The molecule has 8 nitrogen and oxygen atoms in total. The lowest BCUT2D eigenvalue weighted by Crippen LogP contribution is -2.61. The highest BCUT2D eigenvalue weighted by Gasteiger charge is 2.53. The molecule has 9 rings (SSSR count). The van der Waals surface area contributed by atoms with Gasteiger partial charge in [0, 0.05) is 47.6 Å². The van der Waals surface area contributed by atoms with Gasteiger partial charge in [0.1, 0.15) is 34.8 Å². The molecule has 0 radical (unpaired) electrons. The molecule has 4 aliphatic heterocycles. The minimum absolute atomic E-state index is 0.0221. The van der Waals surface area contributed by atoms with E-state index in [4.69, 9.17) is 15.5 Å². The lowest BCUT2D eigenvalue weighted by molar-refractivity contribution is 0.108. The fourth-order valence-corrected chi connectivity index (χ4v) is 9.93. The number of aromatic nitrogens is 2. The van der Waals surface area contributed by atoms with Crippen LogP contribution in [0.5, 0.6) is 6.01 Å². The van der Waals surface area contributed by atoms with E-state index in [1.54, 1.807) is 6.07 Å². The minimum Gasteiger partial charge on any atom is -0.461 e. The van der Waals surface area contributed by atoms with Crippen LogP contribution in [0.2, 0.25) is 0 Å². The predicted molar refractivity (Wildman–Crippen MR) is 176 cm³/mol. The van der Waals surface area contributed by atoms with Gasteiger partial charge >= 0.3 is 6.01 Å². The van der Waals surface area contributed by atoms with Gasteiger partial charge in [-0.3, -0.25) is 4.90 Å². The molecule has 1 saturated carbocycles. The number of nitriles is 1. The molecule has 0 spiro atoms. The number of nitrogens with two attached hydrogens (primary N) is 1. The first kappa shape index (κ1) is 29.2. The normalized spacial score (nSPS) is 28.1. The second-order valence-corrected chi connectivity index (χ2v) is 15.1. The van der Waals surface area contributed by atoms with Gasteiger partial charge in [-0.1, -0.05) is 12.1 Å². The second-order valence-electron chi connectivity index (χ2n) is 14.1. The van der Waals surface area contributed by atoms with Crippen molar-refractivity contribution in [3.8, 4) is 23.2 Å². The summed E-state index contributed by atoms with van der Waals surface area (Å²) < 4.78 is 52.0. The van der Waals surface area contributed by atoms with E-state index in [2.05, 4.69) is 26.2 Å². The van der Waals surface area contributed by atoms with Crippen LogP contribution in [0, 0.1) is 28.9 Å². The van der Waals surface area contributed by atoms with Crippen LogP contribution in [0.4, 0.5) is 24.0 Å². The van der Waals surface area contributed by atoms with Crippen molar-refractivity contribution in [1.82, 2.24) is 20.2 Å². The summed E-state index contributed by atoms with van der Waals surface area (Å²) in [4.78, 5) is 14.2. The Labute approximate surface area is 274 Å². The van der Waals surface area contributed by atoms with Gasteiger partial charge in [-0.25, -0.2) is 13.2 Å². The number of piperazine rings is 1. The van der Waals surface area contributed by atoms with Crippen LogP contribution in [0.3, 0.4) is 0 Å². The molecule has 2 aromatic heterocycles. The average Bonchev–Trinajstić information content (AvgIpc) is 3.53. The molecule has 12 heteroatoms. The van der Waals surface area contributed by atoms with E-state index in [0.29, 0.717) is 53.4 Å². The number of anilines is 2. The van der Waals surface area contributed by atoms with Gasteiger partial charge in [0.05, 0.1) is 22.1 Å². The van der Waals surface area contributed by atoms with Crippen LogP contribution in [0.1, 0.15) is 50.5 Å². The van der Waals surface area contributed by atoms with Gasteiger partial charge < -0.3 is 20.7 Å². The minimum atomic E-state index is -0.600. The van der Waals surface area contributed by atoms with Crippen molar-refractivity contribution in [1.29, 1.82) is 5.26 Å². The van der Waals surface area contributed by atoms with Crippen molar-refractivity contribution in [2.45, 2.75) is 62.1 Å². The molecule has 242 valence electrons. The number of nitrogens with zero attached hydrogens (tertiary/aromatic N) is 5. The van der Waals surface area contributed by atoms with E-state index < -0.39 is 11.6 Å². The van der Waals surface area contributed by atoms with Crippen LogP contribution >= 0.6 is 11.3 Å². The summed E-state index contributed by atoms with van der Waals surface area (Å²) >= 11 is 0.981. The largest absolute Gasteiger partial charge is 0.461 e. The Morgan fingerprint density at radius 1 is 1.15 bits per heavy atom. The van der Waals surface area contributed by atoms with Gasteiger partial charge in [0.25, 0.3) is 0 Å². The summed E-state index contributed by atoms with van der Waals surface area (Å²) in [5.41, 5.74) is 7.32. The number of benzene rings is 2. The summed E-state index contributed by atoms with van der Waals surface area (Å²) in [6.45, 7) is 3.23. The monoisotopic (exact) mass is 657 g/mol. The molecule has 6 heterocycles. The molecule has 3 N–H and O–H groups in total. The zero-order valence-corrected chi connectivity index (χ0v) is 26.6. The average molecular weight is 658 g/mol. The standard InChI is InChI=1S/C35H34F3N7OS/c36-13-19-12-34(9-1-11-45(34)15-19)18-46-33-41-29-24(32(42-33)44-16-21-8-10-35(17-44,43-21)20-2-3-20)5-4-23(28(29)38)22-6-7-26(37)30-27(22)25(14-39)31(40)47-30/h4-7,13,20-21,43H,1-3,8-12,15-18,40H2/b19-13-/t21-,34-,35+/m0/s1. The number of nitrogen functional groups attached to an aromatic ring is 1. The Morgan fingerprint density at radius 3 is 2.81 bits per heavy atom. The summed E-state index contributed by atoms with van der Waals surface area (Å²) in [7, 11) is 0. The van der Waals surface area contributed by atoms with Gasteiger partial charge in [-0.05, 0) is 80.7 Å². The topological polar surface area (TPSA) is 103 Å². The molecule has 1 aliphatic carbocycles. The van der Waals surface area contributed by atoms with Crippen molar-refractivity contribution >= 4 is 43.1 Å². The third-order valence-corrected chi connectivity index (χ3v) is 12.3. The third kappa shape index (κ3) is 4.46. The smallest absolute Gasteiger partial charge is 0.319 e. The molecule has 4 saturated heterocycles. The molecule has 5 aliphatic rings.